The summed E-state index contributed by atoms with van der Waals surface area (Å²) in [5, 5.41) is 5.66. The molecule has 0 saturated carbocycles. The number of amides is 2. The lowest BCUT2D eigenvalue weighted by Crippen LogP contribution is -2.27. The first-order chi connectivity index (χ1) is 11.7. The summed E-state index contributed by atoms with van der Waals surface area (Å²) in [4.78, 5) is 34.4. The molecule has 2 N–H and O–H groups in total. The van der Waals surface area contributed by atoms with Gasteiger partial charge in [0.2, 0.25) is 5.91 Å². The number of likely N-dealkylation sites (N-methyl/N-ethyl adjacent to an activating group) is 1. The summed E-state index contributed by atoms with van der Waals surface area (Å²) in [6.07, 6.45) is 0. The second-order valence-corrected chi connectivity index (χ2v) is 6.21. The number of hydrogen-bond acceptors (Lipinski definition) is 5. The summed E-state index contributed by atoms with van der Waals surface area (Å²) < 4.78 is 0. The van der Waals surface area contributed by atoms with Crippen molar-refractivity contribution in [2.75, 3.05) is 31.3 Å². The van der Waals surface area contributed by atoms with Crippen molar-refractivity contribution in [2.45, 2.75) is 20.8 Å². The molecule has 0 spiro atoms. The summed E-state index contributed by atoms with van der Waals surface area (Å²) in [5.41, 5.74) is 3.21. The molecule has 1 aromatic carbocycles. The number of carbonyl (C=O) groups is 2. The monoisotopic (exact) mass is 341 g/mol. The van der Waals surface area contributed by atoms with E-state index in [1.165, 1.54) is 0 Å². The van der Waals surface area contributed by atoms with Crippen LogP contribution in [0.1, 0.15) is 27.6 Å². The highest BCUT2D eigenvalue weighted by atomic mass is 16.2. The summed E-state index contributed by atoms with van der Waals surface area (Å²) in [7, 11) is 3.66. The van der Waals surface area contributed by atoms with Gasteiger partial charge in [-0.1, -0.05) is 6.07 Å². The Kier molecular flexibility index (Phi) is 5.82. The van der Waals surface area contributed by atoms with Crippen LogP contribution in [0, 0.1) is 20.8 Å². The van der Waals surface area contributed by atoms with Gasteiger partial charge in [-0.05, 0) is 58.6 Å². The molecule has 2 amide bonds. The third kappa shape index (κ3) is 5.36. The van der Waals surface area contributed by atoms with E-state index in [4.69, 9.17) is 0 Å². The van der Waals surface area contributed by atoms with Crippen LogP contribution in [0.25, 0.3) is 0 Å². The zero-order valence-electron chi connectivity index (χ0n) is 15.2. The average Bonchev–Trinajstić information content (AvgIpc) is 2.48. The number of hydrogen-bond donors (Lipinski definition) is 2. The summed E-state index contributed by atoms with van der Waals surface area (Å²) in [6, 6.07) is 7.01. The molecule has 1 heterocycles. The van der Waals surface area contributed by atoms with Crippen molar-refractivity contribution in [1.29, 1.82) is 0 Å². The van der Waals surface area contributed by atoms with Crippen LogP contribution in [0.5, 0.6) is 0 Å². The number of carbonyl (C=O) groups excluding carboxylic acids is 2. The molecule has 0 atom stereocenters. The molecule has 0 unspecified atom stereocenters. The van der Waals surface area contributed by atoms with E-state index in [0.29, 0.717) is 22.9 Å². The smallest absolute Gasteiger partial charge is 0.274 e. The maximum atomic E-state index is 12.4. The largest absolute Gasteiger partial charge is 0.325 e. The Morgan fingerprint density at radius 2 is 1.76 bits per heavy atom. The minimum absolute atomic E-state index is 0.112. The molecule has 0 aliphatic rings. The van der Waals surface area contributed by atoms with Crippen molar-refractivity contribution in [3.63, 3.8) is 0 Å². The van der Waals surface area contributed by atoms with E-state index in [-0.39, 0.29) is 18.4 Å². The van der Waals surface area contributed by atoms with Crippen molar-refractivity contribution in [3.8, 4) is 0 Å². The molecule has 0 bridgehead atoms. The molecule has 132 valence electrons. The second-order valence-electron chi connectivity index (χ2n) is 6.21. The standard InChI is InChI=1S/C18H23N5O2/c1-11-6-7-14(9-15(11)22-17(24)10-23(4)5)21-18(25)16-8-12(2)19-13(3)20-16/h6-9H,10H2,1-5H3,(H,21,25)(H,22,24). The molecule has 0 aliphatic heterocycles. The molecule has 7 heteroatoms. The molecule has 0 fully saturated rings. The Balaban J connectivity index is 2.16. The predicted octanol–water partition coefficient (Wildman–Crippen LogP) is 2.15. The van der Waals surface area contributed by atoms with Gasteiger partial charge in [-0.3, -0.25) is 9.59 Å². The first-order valence-electron chi connectivity index (χ1n) is 7.93. The van der Waals surface area contributed by atoms with Crippen LogP contribution in [-0.2, 0) is 4.79 Å². The van der Waals surface area contributed by atoms with E-state index in [2.05, 4.69) is 20.6 Å². The Bertz CT molecular complexity index is 782. The Labute approximate surface area is 147 Å². The van der Waals surface area contributed by atoms with Crippen LogP contribution in [-0.4, -0.2) is 47.3 Å². The molecule has 2 aromatic rings. The average molecular weight is 341 g/mol. The summed E-state index contributed by atoms with van der Waals surface area (Å²) in [6.45, 7) is 5.74. The summed E-state index contributed by atoms with van der Waals surface area (Å²) >= 11 is 0. The fourth-order valence-electron chi connectivity index (χ4n) is 2.34. The lowest BCUT2D eigenvalue weighted by molar-refractivity contribution is -0.116. The van der Waals surface area contributed by atoms with Gasteiger partial charge in [0, 0.05) is 17.1 Å². The topological polar surface area (TPSA) is 87.2 Å². The minimum Gasteiger partial charge on any atom is -0.325 e. The maximum Gasteiger partial charge on any atom is 0.274 e. The number of nitrogens with zero attached hydrogens (tertiary/aromatic N) is 3. The van der Waals surface area contributed by atoms with Crippen LogP contribution in [0.3, 0.4) is 0 Å². The van der Waals surface area contributed by atoms with E-state index >= 15 is 0 Å². The Morgan fingerprint density at radius 3 is 2.40 bits per heavy atom. The molecule has 7 nitrogen and oxygen atoms in total. The van der Waals surface area contributed by atoms with E-state index in [1.54, 1.807) is 30.0 Å². The zero-order valence-corrected chi connectivity index (χ0v) is 15.2. The van der Waals surface area contributed by atoms with Crippen molar-refractivity contribution in [2.24, 2.45) is 0 Å². The highest BCUT2D eigenvalue weighted by molar-refractivity contribution is 6.03. The number of aryl methyl sites for hydroxylation is 3. The fourth-order valence-corrected chi connectivity index (χ4v) is 2.34. The normalized spacial score (nSPS) is 10.6. The van der Waals surface area contributed by atoms with Gasteiger partial charge in [0.25, 0.3) is 5.91 Å². The van der Waals surface area contributed by atoms with E-state index < -0.39 is 0 Å². The van der Waals surface area contributed by atoms with Crippen molar-refractivity contribution in [1.82, 2.24) is 14.9 Å². The van der Waals surface area contributed by atoms with Crippen LogP contribution in [0.15, 0.2) is 24.3 Å². The highest BCUT2D eigenvalue weighted by Gasteiger charge is 2.12. The van der Waals surface area contributed by atoms with Gasteiger partial charge in [-0.15, -0.1) is 0 Å². The SMILES string of the molecule is Cc1cc(C(=O)Nc2ccc(C)c(NC(=O)CN(C)C)c2)nc(C)n1. The molecular weight excluding hydrogens is 318 g/mol. The lowest BCUT2D eigenvalue weighted by atomic mass is 10.1. The molecule has 0 aliphatic carbocycles. The van der Waals surface area contributed by atoms with Crippen LogP contribution in [0.4, 0.5) is 11.4 Å². The van der Waals surface area contributed by atoms with Gasteiger partial charge in [0.15, 0.2) is 0 Å². The summed E-state index contributed by atoms with van der Waals surface area (Å²) in [5.74, 6) is 0.118. The molecular formula is C18H23N5O2. The van der Waals surface area contributed by atoms with E-state index in [0.717, 1.165) is 11.3 Å². The van der Waals surface area contributed by atoms with Crippen LogP contribution in [0.2, 0.25) is 0 Å². The second kappa shape index (κ2) is 7.85. The number of benzene rings is 1. The van der Waals surface area contributed by atoms with Crippen LogP contribution >= 0.6 is 0 Å². The van der Waals surface area contributed by atoms with Crippen LogP contribution < -0.4 is 10.6 Å². The van der Waals surface area contributed by atoms with Gasteiger partial charge in [0.1, 0.15) is 11.5 Å². The molecule has 0 saturated heterocycles. The van der Waals surface area contributed by atoms with Gasteiger partial charge >= 0.3 is 0 Å². The molecule has 2 rings (SSSR count). The maximum absolute atomic E-state index is 12.4. The fraction of sp³-hybridized carbons (Fsp3) is 0.333. The number of rotatable bonds is 5. The van der Waals surface area contributed by atoms with Gasteiger partial charge in [0.05, 0.1) is 6.54 Å². The van der Waals surface area contributed by atoms with E-state index in [9.17, 15) is 9.59 Å². The Morgan fingerprint density at radius 1 is 1.04 bits per heavy atom. The molecule has 25 heavy (non-hydrogen) atoms. The van der Waals surface area contributed by atoms with Gasteiger partial charge in [-0.25, -0.2) is 9.97 Å². The first kappa shape index (κ1) is 18.5. The Hall–Kier alpha value is -2.80. The zero-order chi connectivity index (χ0) is 18.6. The van der Waals surface area contributed by atoms with Crippen molar-refractivity contribution >= 4 is 23.2 Å². The lowest BCUT2D eigenvalue weighted by Gasteiger charge is -2.13. The van der Waals surface area contributed by atoms with Crippen molar-refractivity contribution in [3.05, 3.63) is 47.0 Å². The first-order valence-corrected chi connectivity index (χ1v) is 7.93. The highest BCUT2D eigenvalue weighted by Crippen LogP contribution is 2.21. The minimum atomic E-state index is -0.317. The van der Waals surface area contributed by atoms with Gasteiger partial charge in [-0.2, -0.15) is 0 Å². The molecule has 1 aromatic heterocycles. The predicted molar refractivity (Wildman–Crippen MR) is 97.8 cm³/mol. The third-order valence-electron chi connectivity index (χ3n) is 3.43. The number of aromatic nitrogens is 2. The number of nitrogens with one attached hydrogen (secondary N) is 2. The third-order valence-corrected chi connectivity index (χ3v) is 3.43. The van der Waals surface area contributed by atoms with Crippen molar-refractivity contribution < 1.29 is 9.59 Å². The number of anilines is 2. The quantitative estimate of drug-likeness (QED) is 0.870. The van der Waals surface area contributed by atoms with E-state index in [1.807, 2.05) is 34.0 Å². The van der Waals surface area contributed by atoms with Gasteiger partial charge < -0.3 is 15.5 Å². The molecule has 0 radical (unpaired) electrons.